The fraction of sp³-hybridized carbons (Fsp3) is 0.295. The Kier molecular flexibility index (Phi) is 13.7. The highest BCUT2D eigenvalue weighted by atomic mass is 16.7. The van der Waals surface area contributed by atoms with E-state index in [0.717, 1.165) is 16.0 Å². The molecule has 0 bridgehead atoms. The zero-order chi connectivity index (χ0) is 53.5. The molecule has 16 nitrogen and oxygen atoms in total. The Labute approximate surface area is 446 Å². The van der Waals surface area contributed by atoms with Gasteiger partial charge in [-0.05, 0) is 100 Å². The highest BCUT2D eigenvalue weighted by Gasteiger charge is 2.76. The average Bonchev–Trinajstić information content (AvgIpc) is 4.18. The van der Waals surface area contributed by atoms with Gasteiger partial charge in [0, 0.05) is 43.9 Å². The van der Waals surface area contributed by atoms with Crippen molar-refractivity contribution < 1.29 is 52.8 Å². The quantitative estimate of drug-likeness (QED) is 0.102. The van der Waals surface area contributed by atoms with Crippen molar-refractivity contribution in [2.24, 2.45) is 11.8 Å². The molecule has 3 fully saturated rings. The van der Waals surface area contributed by atoms with Gasteiger partial charge >= 0.3 is 18.0 Å². The minimum Gasteiger partial charge on any atom is -0.508 e. The van der Waals surface area contributed by atoms with Crippen LogP contribution in [0.15, 0.2) is 146 Å². The number of amides is 4. The standard InChI is InChI=1S/C61H57N5O11/c1-37(2)51(57(69)74-4)62-60(72)65-47-27-19-39(16-15-38-17-25-45(73-3)26-18-38)33-46(47)61(59(65)71)50(56(68)64-31-29-63(30-32-64)35-40-20-28-48-49(34-40)76-36-75-48)53-58(70)77-54(42-13-9-6-10-14-42)52(41-11-7-5-8-12-41)66(53)55(61)43-21-23-44(67)24-22-43/h5-14,17-28,33-34,37,50-55,67H,29-32,35-36H2,1-4H3,(H,62,72)/t50-,51-,52-,53-,54+,55+,61-/m0/s1. The summed E-state index contributed by atoms with van der Waals surface area (Å²) in [7, 11) is 2.80. The predicted octanol–water partition coefficient (Wildman–Crippen LogP) is 7.45. The smallest absolute Gasteiger partial charge is 0.329 e. The second kappa shape index (κ2) is 20.8. The third-order valence-corrected chi connectivity index (χ3v) is 15.5. The van der Waals surface area contributed by atoms with Crippen LogP contribution in [0.1, 0.15) is 71.0 Å². The van der Waals surface area contributed by atoms with Gasteiger partial charge in [0.15, 0.2) is 11.5 Å². The maximum absolute atomic E-state index is 16.9. The van der Waals surface area contributed by atoms with E-state index in [1.54, 1.807) is 68.3 Å². The highest BCUT2D eigenvalue weighted by Crippen LogP contribution is 2.66. The molecule has 6 aromatic rings. The molecule has 5 aliphatic rings. The van der Waals surface area contributed by atoms with E-state index in [-0.39, 0.29) is 36.9 Å². The topological polar surface area (TPSA) is 177 Å². The number of esters is 2. The van der Waals surface area contributed by atoms with Crippen LogP contribution in [0.2, 0.25) is 0 Å². The number of rotatable bonds is 10. The number of nitrogens with zero attached hydrogens (tertiary/aromatic N) is 4. The zero-order valence-corrected chi connectivity index (χ0v) is 43.0. The maximum Gasteiger partial charge on any atom is 0.329 e. The summed E-state index contributed by atoms with van der Waals surface area (Å²) in [4.78, 5) is 84.5. The lowest BCUT2D eigenvalue weighted by Crippen LogP contribution is -2.59. The molecule has 5 heterocycles. The fourth-order valence-corrected chi connectivity index (χ4v) is 11.9. The third-order valence-electron chi connectivity index (χ3n) is 15.5. The summed E-state index contributed by atoms with van der Waals surface area (Å²) in [6, 6.07) is 37.8. The molecule has 392 valence electrons. The lowest BCUT2D eigenvalue weighted by molar-refractivity contribution is -0.179. The Balaban J connectivity index is 1.12. The van der Waals surface area contributed by atoms with Crippen molar-refractivity contribution in [1.82, 2.24) is 20.0 Å². The van der Waals surface area contributed by atoms with Crippen LogP contribution in [-0.4, -0.2) is 109 Å². The number of morpholine rings is 1. The van der Waals surface area contributed by atoms with Gasteiger partial charge in [0.2, 0.25) is 18.6 Å². The number of piperazine rings is 1. The van der Waals surface area contributed by atoms with Gasteiger partial charge in [-0.3, -0.25) is 24.2 Å². The van der Waals surface area contributed by atoms with E-state index in [4.69, 9.17) is 23.7 Å². The summed E-state index contributed by atoms with van der Waals surface area (Å²) in [5, 5.41) is 13.7. The van der Waals surface area contributed by atoms with Crippen molar-refractivity contribution in [3.8, 4) is 34.8 Å². The monoisotopic (exact) mass is 1040 g/mol. The summed E-state index contributed by atoms with van der Waals surface area (Å²) in [6.45, 7) is 5.60. The van der Waals surface area contributed by atoms with Gasteiger partial charge in [-0.2, -0.15) is 0 Å². The Morgan fingerprint density at radius 1 is 0.740 bits per heavy atom. The third kappa shape index (κ3) is 9.04. The van der Waals surface area contributed by atoms with Gasteiger partial charge in [0.05, 0.1) is 37.9 Å². The molecular formula is C61H57N5O11. The number of anilines is 1. The van der Waals surface area contributed by atoms with Crippen molar-refractivity contribution in [2.75, 3.05) is 52.1 Å². The second-order valence-electron chi connectivity index (χ2n) is 20.2. The van der Waals surface area contributed by atoms with Crippen molar-refractivity contribution in [2.45, 2.75) is 56.1 Å². The van der Waals surface area contributed by atoms with Crippen LogP contribution in [-0.2, 0) is 40.6 Å². The van der Waals surface area contributed by atoms with Gasteiger partial charge in [-0.1, -0.05) is 105 Å². The summed E-state index contributed by atoms with van der Waals surface area (Å²) >= 11 is 0. The summed E-state index contributed by atoms with van der Waals surface area (Å²) in [5.41, 5.74) is 2.32. The van der Waals surface area contributed by atoms with Crippen LogP contribution in [0.25, 0.3) is 0 Å². The molecule has 4 amide bonds. The van der Waals surface area contributed by atoms with E-state index in [2.05, 4.69) is 22.1 Å². The largest absolute Gasteiger partial charge is 0.508 e. The molecule has 0 radical (unpaired) electrons. The van der Waals surface area contributed by atoms with E-state index in [1.807, 2.05) is 95.9 Å². The minimum absolute atomic E-state index is 0.0544. The van der Waals surface area contributed by atoms with Crippen LogP contribution in [0, 0.1) is 23.7 Å². The van der Waals surface area contributed by atoms with Gasteiger partial charge in [-0.25, -0.2) is 14.5 Å². The molecule has 0 aromatic heterocycles. The Morgan fingerprint density at radius 3 is 2.08 bits per heavy atom. The molecule has 0 saturated carbocycles. The first kappa shape index (κ1) is 50.5. The number of carbonyl (C=O) groups is 5. The second-order valence-corrected chi connectivity index (χ2v) is 20.2. The molecule has 3 saturated heterocycles. The van der Waals surface area contributed by atoms with Crippen LogP contribution < -0.4 is 24.4 Å². The molecular weight excluding hydrogens is 979 g/mol. The maximum atomic E-state index is 16.9. The minimum atomic E-state index is -2.09. The molecule has 0 unspecified atom stereocenters. The molecule has 5 aliphatic heterocycles. The number of carbonyl (C=O) groups excluding carboxylic acids is 5. The molecule has 1 spiro atoms. The molecule has 2 N–H and O–H groups in total. The first-order valence-corrected chi connectivity index (χ1v) is 25.7. The van der Waals surface area contributed by atoms with Crippen molar-refractivity contribution in [3.63, 3.8) is 0 Å². The van der Waals surface area contributed by atoms with E-state index in [9.17, 15) is 9.90 Å². The van der Waals surface area contributed by atoms with Gasteiger partial charge < -0.3 is 39.0 Å². The van der Waals surface area contributed by atoms with Gasteiger partial charge in [0.25, 0.3) is 0 Å². The Morgan fingerprint density at radius 2 is 1.40 bits per heavy atom. The van der Waals surface area contributed by atoms with Crippen LogP contribution >= 0.6 is 0 Å². The number of methoxy groups -OCH3 is 2. The molecule has 11 rings (SSSR count). The lowest BCUT2D eigenvalue weighted by Gasteiger charge is -2.46. The lowest BCUT2D eigenvalue weighted by atomic mass is 9.64. The SMILES string of the molecule is COC(=O)[C@@H](NC(=O)N1C(=O)[C@@]2(c3cc(C#Cc4ccc(OC)cc4)ccc31)[C@H](C(=O)N1CCN(Cc3ccc4c(c3)OCO4)CC1)[C@H]1C(=O)O[C@H](c3ccccc3)[C@H](c3ccccc3)N1[C@@H]2c1ccc(O)cc1)C(C)C. The molecule has 0 aliphatic carbocycles. The normalized spacial score (nSPS) is 22.9. The number of urea groups is 1. The summed E-state index contributed by atoms with van der Waals surface area (Å²) in [5.74, 6) is 3.70. The molecule has 7 atom stereocenters. The number of hydrogen-bond donors (Lipinski definition) is 2. The van der Waals surface area contributed by atoms with Gasteiger partial charge in [-0.15, -0.1) is 0 Å². The molecule has 6 aromatic carbocycles. The van der Waals surface area contributed by atoms with Crippen molar-refractivity contribution in [1.29, 1.82) is 0 Å². The number of cyclic esters (lactones) is 1. The molecule has 77 heavy (non-hydrogen) atoms. The number of nitrogens with one attached hydrogen (secondary N) is 1. The first-order valence-electron chi connectivity index (χ1n) is 25.7. The number of ether oxygens (including phenoxy) is 5. The number of imide groups is 1. The highest BCUT2D eigenvalue weighted by molar-refractivity contribution is 6.25. The number of phenolic OH excluding ortho intramolecular Hbond substituents is 1. The number of hydrogen-bond acceptors (Lipinski definition) is 13. The zero-order valence-electron chi connectivity index (χ0n) is 43.0. The van der Waals surface area contributed by atoms with E-state index in [0.29, 0.717) is 59.1 Å². The predicted molar refractivity (Wildman–Crippen MR) is 283 cm³/mol. The summed E-state index contributed by atoms with van der Waals surface area (Å²) in [6.07, 6.45) is -0.948. The van der Waals surface area contributed by atoms with E-state index < -0.39 is 77.3 Å². The average molecular weight is 1040 g/mol. The fourth-order valence-electron chi connectivity index (χ4n) is 11.9. The number of aromatic hydroxyl groups is 1. The first-order chi connectivity index (χ1) is 37.4. The molecule has 16 heteroatoms. The van der Waals surface area contributed by atoms with Crippen molar-refractivity contribution in [3.05, 3.63) is 185 Å². The Bertz CT molecular complexity index is 3300. The van der Waals surface area contributed by atoms with Crippen molar-refractivity contribution >= 4 is 35.5 Å². The van der Waals surface area contributed by atoms with Crippen LogP contribution in [0.4, 0.5) is 10.5 Å². The van der Waals surface area contributed by atoms with Crippen LogP contribution in [0.5, 0.6) is 23.0 Å². The van der Waals surface area contributed by atoms with Gasteiger partial charge in [0.1, 0.15) is 35.1 Å². The van der Waals surface area contributed by atoms with E-state index >= 15 is 19.2 Å². The summed E-state index contributed by atoms with van der Waals surface area (Å²) < 4.78 is 28.4. The number of benzene rings is 6. The Hall–Kier alpha value is -8.65. The number of phenols is 1. The van der Waals surface area contributed by atoms with Crippen LogP contribution in [0.3, 0.4) is 0 Å². The number of fused-ring (bicyclic) bond motifs is 4. The van der Waals surface area contributed by atoms with E-state index in [1.165, 1.54) is 19.2 Å².